The van der Waals surface area contributed by atoms with Crippen molar-refractivity contribution in [2.24, 2.45) is 0 Å². The smallest absolute Gasteiger partial charge is 0.292 e. The Morgan fingerprint density at radius 2 is 2.16 bits per heavy atom. The molecule has 0 aliphatic heterocycles. The predicted molar refractivity (Wildman–Crippen MR) is 73.0 cm³/mol. The van der Waals surface area contributed by atoms with Gasteiger partial charge in [-0.1, -0.05) is 12.1 Å². The lowest BCUT2D eigenvalue weighted by Gasteiger charge is -2.12. The van der Waals surface area contributed by atoms with Crippen LogP contribution in [0.25, 0.3) is 0 Å². The van der Waals surface area contributed by atoms with Crippen molar-refractivity contribution < 1.29 is 4.92 Å². The Bertz CT molecular complexity index is 578. The van der Waals surface area contributed by atoms with Gasteiger partial charge in [0.1, 0.15) is 5.69 Å². The third-order valence-corrected chi connectivity index (χ3v) is 2.86. The highest BCUT2D eigenvalue weighted by molar-refractivity contribution is 5.61. The standard InChI is InChI=1S/C13H16N4O2/c1-10(2)16-9-14-7-11(16)8-15-12-5-3-4-6-13(12)17(18)19/h3-7,9-10,15H,8H2,1-2H3. The Morgan fingerprint density at radius 3 is 2.84 bits per heavy atom. The highest BCUT2D eigenvalue weighted by atomic mass is 16.6. The Hall–Kier alpha value is -2.37. The molecular weight excluding hydrogens is 244 g/mol. The van der Waals surface area contributed by atoms with E-state index < -0.39 is 0 Å². The number of imidazole rings is 1. The van der Waals surface area contributed by atoms with Gasteiger partial charge in [-0.05, 0) is 19.9 Å². The SMILES string of the molecule is CC(C)n1cncc1CNc1ccccc1[N+](=O)[O-]. The van der Waals surface area contributed by atoms with Crippen LogP contribution in [0.1, 0.15) is 25.6 Å². The average molecular weight is 260 g/mol. The minimum absolute atomic E-state index is 0.0816. The number of para-hydroxylation sites is 2. The fourth-order valence-corrected chi connectivity index (χ4v) is 1.90. The topological polar surface area (TPSA) is 73.0 Å². The molecular formula is C13H16N4O2. The maximum absolute atomic E-state index is 10.9. The molecule has 1 aromatic heterocycles. The molecule has 6 heteroatoms. The molecule has 100 valence electrons. The van der Waals surface area contributed by atoms with Gasteiger partial charge in [0, 0.05) is 18.3 Å². The van der Waals surface area contributed by atoms with E-state index in [1.54, 1.807) is 30.7 Å². The Morgan fingerprint density at radius 1 is 1.42 bits per heavy atom. The van der Waals surface area contributed by atoms with Crippen molar-refractivity contribution >= 4 is 11.4 Å². The molecule has 0 saturated heterocycles. The van der Waals surface area contributed by atoms with Gasteiger partial charge in [0.05, 0.1) is 23.5 Å². The van der Waals surface area contributed by atoms with Crippen LogP contribution in [0.2, 0.25) is 0 Å². The van der Waals surface area contributed by atoms with E-state index in [9.17, 15) is 10.1 Å². The zero-order valence-electron chi connectivity index (χ0n) is 10.9. The fourth-order valence-electron chi connectivity index (χ4n) is 1.90. The van der Waals surface area contributed by atoms with Crippen molar-refractivity contribution in [2.75, 3.05) is 5.32 Å². The van der Waals surface area contributed by atoms with Gasteiger partial charge in [-0.25, -0.2) is 4.98 Å². The molecule has 0 radical (unpaired) electrons. The van der Waals surface area contributed by atoms with Crippen LogP contribution in [-0.2, 0) is 6.54 Å². The normalized spacial score (nSPS) is 10.7. The maximum atomic E-state index is 10.9. The van der Waals surface area contributed by atoms with Gasteiger partial charge >= 0.3 is 0 Å². The molecule has 1 heterocycles. The van der Waals surface area contributed by atoms with Gasteiger partial charge in [-0.3, -0.25) is 10.1 Å². The third-order valence-electron chi connectivity index (χ3n) is 2.86. The van der Waals surface area contributed by atoms with E-state index in [4.69, 9.17) is 0 Å². The molecule has 0 fully saturated rings. The summed E-state index contributed by atoms with van der Waals surface area (Å²) in [6, 6.07) is 6.93. The summed E-state index contributed by atoms with van der Waals surface area (Å²) in [5, 5.41) is 14.0. The number of benzene rings is 1. The van der Waals surface area contributed by atoms with E-state index in [0.29, 0.717) is 18.3 Å². The third kappa shape index (κ3) is 2.90. The molecule has 6 nitrogen and oxygen atoms in total. The molecule has 0 saturated carbocycles. The number of nitrogens with zero attached hydrogens (tertiary/aromatic N) is 3. The first-order chi connectivity index (χ1) is 9.09. The zero-order chi connectivity index (χ0) is 13.8. The molecule has 0 unspecified atom stereocenters. The number of nitro groups is 1. The van der Waals surface area contributed by atoms with Crippen LogP contribution in [0.5, 0.6) is 0 Å². The number of nitro benzene ring substituents is 1. The lowest BCUT2D eigenvalue weighted by Crippen LogP contribution is -2.09. The second-order valence-corrected chi connectivity index (χ2v) is 4.51. The molecule has 0 spiro atoms. The van der Waals surface area contributed by atoms with Crippen molar-refractivity contribution in [3.8, 4) is 0 Å². The number of nitrogens with one attached hydrogen (secondary N) is 1. The fraction of sp³-hybridized carbons (Fsp3) is 0.308. The van der Waals surface area contributed by atoms with Gasteiger partial charge in [0.15, 0.2) is 0 Å². The lowest BCUT2D eigenvalue weighted by molar-refractivity contribution is -0.384. The van der Waals surface area contributed by atoms with Gasteiger partial charge in [-0.15, -0.1) is 0 Å². The summed E-state index contributed by atoms with van der Waals surface area (Å²) >= 11 is 0. The first kappa shape index (κ1) is 13.1. The molecule has 2 rings (SSSR count). The summed E-state index contributed by atoms with van der Waals surface area (Å²) in [7, 11) is 0. The van der Waals surface area contributed by atoms with Crippen molar-refractivity contribution in [1.82, 2.24) is 9.55 Å². The maximum Gasteiger partial charge on any atom is 0.292 e. The molecule has 2 aromatic rings. The van der Waals surface area contributed by atoms with Crippen LogP contribution in [0.3, 0.4) is 0 Å². The number of hydrogen-bond acceptors (Lipinski definition) is 4. The molecule has 0 atom stereocenters. The summed E-state index contributed by atoms with van der Waals surface area (Å²) in [6.45, 7) is 4.63. The minimum Gasteiger partial charge on any atom is -0.374 e. The number of rotatable bonds is 5. The van der Waals surface area contributed by atoms with Gasteiger partial charge in [0.25, 0.3) is 5.69 Å². The summed E-state index contributed by atoms with van der Waals surface area (Å²) in [4.78, 5) is 14.6. The highest BCUT2D eigenvalue weighted by Gasteiger charge is 2.12. The van der Waals surface area contributed by atoms with E-state index in [2.05, 4.69) is 24.1 Å². The summed E-state index contributed by atoms with van der Waals surface area (Å²) in [5.41, 5.74) is 1.59. The number of anilines is 1. The van der Waals surface area contributed by atoms with Crippen molar-refractivity contribution in [2.45, 2.75) is 26.4 Å². The summed E-state index contributed by atoms with van der Waals surface area (Å²) < 4.78 is 2.03. The van der Waals surface area contributed by atoms with E-state index in [1.165, 1.54) is 6.07 Å². The summed E-state index contributed by atoms with van der Waals surface area (Å²) in [6.07, 6.45) is 3.53. The van der Waals surface area contributed by atoms with Crippen LogP contribution < -0.4 is 5.32 Å². The Balaban J connectivity index is 2.15. The van der Waals surface area contributed by atoms with Crippen LogP contribution in [0.4, 0.5) is 11.4 Å². The van der Waals surface area contributed by atoms with Crippen molar-refractivity contribution in [3.63, 3.8) is 0 Å². The number of hydrogen-bond donors (Lipinski definition) is 1. The average Bonchev–Trinajstić information content (AvgIpc) is 2.85. The van der Waals surface area contributed by atoms with Gasteiger partial charge < -0.3 is 9.88 Å². The zero-order valence-corrected chi connectivity index (χ0v) is 10.9. The van der Waals surface area contributed by atoms with Crippen LogP contribution in [0, 0.1) is 10.1 Å². The lowest BCUT2D eigenvalue weighted by atomic mass is 10.2. The molecule has 0 bridgehead atoms. The molecule has 0 aliphatic rings. The van der Waals surface area contributed by atoms with Gasteiger partial charge in [-0.2, -0.15) is 0 Å². The first-order valence-electron chi connectivity index (χ1n) is 6.07. The van der Waals surface area contributed by atoms with Crippen LogP contribution in [-0.4, -0.2) is 14.5 Å². The summed E-state index contributed by atoms with van der Waals surface area (Å²) in [5.74, 6) is 0. The molecule has 19 heavy (non-hydrogen) atoms. The first-order valence-corrected chi connectivity index (χ1v) is 6.07. The van der Waals surface area contributed by atoms with Crippen molar-refractivity contribution in [1.29, 1.82) is 0 Å². The highest BCUT2D eigenvalue weighted by Crippen LogP contribution is 2.23. The Kier molecular flexibility index (Phi) is 3.79. The van der Waals surface area contributed by atoms with Crippen molar-refractivity contribution in [3.05, 3.63) is 52.6 Å². The second kappa shape index (κ2) is 5.51. The Labute approximate surface area is 111 Å². The molecule has 0 amide bonds. The predicted octanol–water partition coefficient (Wildman–Crippen LogP) is 2.98. The van der Waals surface area contributed by atoms with E-state index in [1.807, 2.05) is 4.57 Å². The van der Waals surface area contributed by atoms with Gasteiger partial charge in [0.2, 0.25) is 0 Å². The van der Waals surface area contributed by atoms with E-state index in [-0.39, 0.29) is 10.6 Å². The van der Waals surface area contributed by atoms with Crippen LogP contribution in [0.15, 0.2) is 36.8 Å². The molecule has 1 N–H and O–H groups in total. The second-order valence-electron chi connectivity index (χ2n) is 4.51. The van der Waals surface area contributed by atoms with Crippen LogP contribution >= 0.6 is 0 Å². The minimum atomic E-state index is -0.387. The van der Waals surface area contributed by atoms with E-state index >= 15 is 0 Å². The van der Waals surface area contributed by atoms with E-state index in [0.717, 1.165) is 5.69 Å². The number of aromatic nitrogens is 2. The largest absolute Gasteiger partial charge is 0.374 e. The quantitative estimate of drug-likeness (QED) is 0.662. The molecule has 1 aromatic carbocycles. The monoisotopic (exact) mass is 260 g/mol. The molecule has 0 aliphatic carbocycles.